The third-order valence-corrected chi connectivity index (χ3v) is 2.62. The largest absolute Gasteiger partial charge is 0.493 e. The summed E-state index contributed by atoms with van der Waals surface area (Å²) in [5, 5.41) is 20.9. The zero-order chi connectivity index (χ0) is 11.0. The number of rotatable bonds is 1. The van der Waals surface area contributed by atoms with E-state index in [1.165, 1.54) is 18.3 Å². The molecule has 0 bridgehead atoms. The highest BCUT2D eigenvalue weighted by atomic mass is 79.9. The number of fused-ring (bicyclic) bond motifs is 1. The van der Waals surface area contributed by atoms with Crippen molar-refractivity contribution in [2.45, 2.75) is 0 Å². The number of halogens is 1. The van der Waals surface area contributed by atoms with Gasteiger partial charge in [-0.1, -0.05) is 6.07 Å². The lowest BCUT2D eigenvalue weighted by molar-refractivity contribution is -0.383. The van der Waals surface area contributed by atoms with Gasteiger partial charge >= 0.3 is 0 Å². The molecule has 15 heavy (non-hydrogen) atoms. The molecular formula is C9H5BrN2O3. The van der Waals surface area contributed by atoms with Crippen LogP contribution in [0.2, 0.25) is 0 Å². The van der Waals surface area contributed by atoms with Crippen LogP contribution in [0, 0.1) is 10.1 Å². The van der Waals surface area contributed by atoms with Gasteiger partial charge in [-0.05, 0) is 22.0 Å². The molecule has 0 aliphatic heterocycles. The van der Waals surface area contributed by atoms with Gasteiger partial charge in [0.05, 0.1) is 20.2 Å². The third kappa shape index (κ3) is 1.52. The Hall–Kier alpha value is -1.69. The van der Waals surface area contributed by atoms with E-state index in [1.54, 1.807) is 6.07 Å². The lowest BCUT2D eigenvalue weighted by atomic mass is 10.1. The summed E-state index contributed by atoms with van der Waals surface area (Å²) in [6.45, 7) is 0. The molecule has 0 fully saturated rings. The maximum atomic E-state index is 10.8. The van der Waals surface area contributed by atoms with Gasteiger partial charge < -0.3 is 5.11 Å². The van der Waals surface area contributed by atoms with Crippen LogP contribution in [0.3, 0.4) is 0 Å². The zero-order valence-electron chi connectivity index (χ0n) is 7.35. The Labute approximate surface area is 92.6 Å². The number of hydrogen-bond acceptors (Lipinski definition) is 4. The number of benzene rings is 1. The minimum atomic E-state index is -0.494. The molecule has 6 heteroatoms. The summed E-state index contributed by atoms with van der Waals surface area (Å²) in [6.07, 6.45) is 1.34. The number of aromatic nitrogens is 1. The van der Waals surface area contributed by atoms with Crippen LogP contribution >= 0.6 is 15.9 Å². The van der Waals surface area contributed by atoms with Gasteiger partial charge in [-0.2, -0.15) is 0 Å². The van der Waals surface area contributed by atoms with Gasteiger partial charge in [-0.25, -0.2) is 4.98 Å². The van der Waals surface area contributed by atoms with Crippen molar-refractivity contribution >= 4 is 32.4 Å². The number of aromatic hydroxyl groups is 1. The molecule has 0 saturated heterocycles. The first kappa shape index (κ1) is 9.85. The zero-order valence-corrected chi connectivity index (χ0v) is 8.93. The molecule has 0 aliphatic rings. The van der Waals surface area contributed by atoms with Crippen LogP contribution < -0.4 is 0 Å². The first-order valence-electron chi connectivity index (χ1n) is 4.02. The average molecular weight is 269 g/mol. The Morgan fingerprint density at radius 3 is 2.87 bits per heavy atom. The molecule has 1 N–H and O–H groups in total. The van der Waals surface area contributed by atoms with E-state index in [1.807, 2.05) is 0 Å². The summed E-state index contributed by atoms with van der Waals surface area (Å²) < 4.78 is 0.489. The van der Waals surface area contributed by atoms with Crippen molar-refractivity contribution in [3.8, 4) is 5.88 Å². The summed E-state index contributed by atoms with van der Waals surface area (Å²) >= 11 is 3.17. The summed E-state index contributed by atoms with van der Waals surface area (Å²) in [6, 6.07) is 4.47. The molecule has 0 spiro atoms. The van der Waals surface area contributed by atoms with E-state index in [0.717, 1.165) is 0 Å². The van der Waals surface area contributed by atoms with E-state index in [2.05, 4.69) is 20.9 Å². The van der Waals surface area contributed by atoms with Crippen molar-refractivity contribution < 1.29 is 10.0 Å². The fourth-order valence-corrected chi connectivity index (χ4v) is 1.90. The Morgan fingerprint density at radius 1 is 1.47 bits per heavy atom. The fraction of sp³-hybridized carbons (Fsp3) is 0. The Morgan fingerprint density at radius 2 is 2.20 bits per heavy atom. The number of non-ortho nitro benzene ring substituents is 1. The quantitative estimate of drug-likeness (QED) is 0.637. The minimum Gasteiger partial charge on any atom is -0.493 e. The molecule has 0 unspecified atom stereocenters. The maximum absolute atomic E-state index is 10.8. The van der Waals surface area contributed by atoms with Gasteiger partial charge in [0, 0.05) is 12.3 Å². The topological polar surface area (TPSA) is 76.3 Å². The van der Waals surface area contributed by atoms with Crippen LogP contribution in [0.4, 0.5) is 5.69 Å². The number of nitro benzene ring substituents is 1. The van der Waals surface area contributed by atoms with Crippen molar-refractivity contribution in [2.75, 3.05) is 0 Å². The van der Waals surface area contributed by atoms with E-state index in [0.29, 0.717) is 15.2 Å². The highest BCUT2D eigenvalue weighted by Gasteiger charge is 2.16. The second-order valence-corrected chi connectivity index (χ2v) is 3.74. The van der Waals surface area contributed by atoms with Crippen molar-refractivity contribution in [1.29, 1.82) is 0 Å². The van der Waals surface area contributed by atoms with Gasteiger partial charge in [0.2, 0.25) is 5.88 Å². The van der Waals surface area contributed by atoms with E-state index in [-0.39, 0.29) is 11.6 Å². The molecule has 0 radical (unpaired) electrons. The lowest BCUT2D eigenvalue weighted by Gasteiger charge is -2.02. The predicted molar refractivity (Wildman–Crippen MR) is 57.8 cm³/mol. The molecular weight excluding hydrogens is 264 g/mol. The molecule has 1 aromatic heterocycles. The molecule has 0 atom stereocenters. The molecule has 76 valence electrons. The van der Waals surface area contributed by atoms with Crippen molar-refractivity contribution in [1.82, 2.24) is 4.98 Å². The molecule has 2 rings (SSSR count). The summed E-state index contributed by atoms with van der Waals surface area (Å²) in [5.74, 6) is -0.211. The summed E-state index contributed by atoms with van der Waals surface area (Å²) in [4.78, 5) is 14.0. The van der Waals surface area contributed by atoms with Crippen molar-refractivity contribution in [3.05, 3.63) is 39.0 Å². The Kier molecular flexibility index (Phi) is 2.28. The normalized spacial score (nSPS) is 10.5. The van der Waals surface area contributed by atoms with Crippen LogP contribution in [-0.2, 0) is 0 Å². The van der Waals surface area contributed by atoms with Gasteiger partial charge in [0.25, 0.3) is 5.69 Å². The smallest absolute Gasteiger partial charge is 0.278 e. The molecule has 1 aromatic carbocycles. The monoisotopic (exact) mass is 268 g/mol. The average Bonchev–Trinajstić information content (AvgIpc) is 2.23. The molecule has 5 nitrogen and oxygen atoms in total. The van der Waals surface area contributed by atoms with Crippen LogP contribution in [0.15, 0.2) is 28.9 Å². The number of pyridine rings is 1. The van der Waals surface area contributed by atoms with E-state index in [9.17, 15) is 15.2 Å². The standard InChI is InChI=1S/C9H5BrN2O3/c10-6-4-11-9(13)5-2-1-3-7(8(5)6)12(14)15/h1-4H,(H,11,13). The number of nitrogens with zero attached hydrogens (tertiary/aromatic N) is 2. The van der Waals surface area contributed by atoms with E-state index < -0.39 is 4.92 Å². The van der Waals surface area contributed by atoms with Gasteiger partial charge in [-0.15, -0.1) is 0 Å². The van der Waals surface area contributed by atoms with Crippen LogP contribution in [0.5, 0.6) is 5.88 Å². The van der Waals surface area contributed by atoms with Crippen molar-refractivity contribution in [3.63, 3.8) is 0 Å². The lowest BCUT2D eigenvalue weighted by Crippen LogP contribution is -1.91. The van der Waals surface area contributed by atoms with Gasteiger partial charge in [0.15, 0.2) is 0 Å². The van der Waals surface area contributed by atoms with Crippen molar-refractivity contribution in [2.24, 2.45) is 0 Å². The SMILES string of the molecule is O=[N+]([O-])c1cccc2c(O)ncc(Br)c12. The highest BCUT2D eigenvalue weighted by Crippen LogP contribution is 2.35. The van der Waals surface area contributed by atoms with E-state index in [4.69, 9.17) is 0 Å². The summed E-state index contributed by atoms with van der Waals surface area (Å²) in [5.41, 5.74) is -0.0583. The number of hydrogen-bond donors (Lipinski definition) is 1. The Balaban J connectivity index is 2.96. The predicted octanol–water partition coefficient (Wildman–Crippen LogP) is 2.61. The fourth-order valence-electron chi connectivity index (χ4n) is 1.38. The molecule has 1 heterocycles. The first-order valence-corrected chi connectivity index (χ1v) is 4.81. The molecule has 2 aromatic rings. The highest BCUT2D eigenvalue weighted by molar-refractivity contribution is 9.10. The van der Waals surface area contributed by atoms with Gasteiger partial charge in [-0.3, -0.25) is 10.1 Å². The van der Waals surface area contributed by atoms with Crippen LogP contribution in [0.25, 0.3) is 10.8 Å². The Bertz CT molecular complexity index is 556. The molecule has 0 amide bonds. The maximum Gasteiger partial charge on any atom is 0.278 e. The second-order valence-electron chi connectivity index (χ2n) is 2.89. The van der Waals surface area contributed by atoms with Crippen LogP contribution in [-0.4, -0.2) is 15.0 Å². The van der Waals surface area contributed by atoms with Gasteiger partial charge in [0.1, 0.15) is 0 Å². The molecule has 0 aliphatic carbocycles. The minimum absolute atomic E-state index is 0.0583. The van der Waals surface area contributed by atoms with E-state index >= 15 is 0 Å². The van der Waals surface area contributed by atoms with Crippen LogP contribution in [0.1, 0.15) is 0 Å². The third-order valence-electron chi connectivity index (χ3n) is 2.02. The molecule has 0 saturated carbocycles. The second kappa shape index (κ2) is 3.47. The first-order chi connectivity index (χ1) is 7.11. The summed E-state index contributed by atoms with van der Waals surface area (Å²) in [7, 11) is 0. The number of nitro groups is 1.